The average molecular weight is 371 g/mol. The lowest BCUT2D eigenvalue weighted by molar-refractivity contribution is -0.123. The number of carbonyl (C=O) groups excluding carboxylic acids is 1. The summed E-state index contributed by atoms with van der Waals surface area (Å²) < 4.78 is 19.4. The summed E-state index contributed by atoms with van der Waals surface area (Å²) >= 11 is 1.26. The fourth-order valence-electron chi connectivity index (χ4n) is 3.18. The molecule has 1 amide bonds. The van der Waals surface area contributed by atoms with Gasteiger partial charge in [-0.15, -0.1) is 0 Å². The topological polar surface area (TPSA) is 58.7 Å². The molecule has 1 aliphatic rings. The minimum Gasteiger partial charge on any atom is -0.463 e. The highest BCUT2D eigenvalue weighted by Gasteiger charge is 2.28. The van der Waals surface area contributed by atoms with Crippen LogP contribution in [-0.2, 0) is 4.79 Å². The molecule has 1 aromatic carbocycles. The summed E-state index contributed by atoms with van der Waals surface area (Å²) in [5.41, 5.74) is 0.654. The molecule has 1 saturated carbocycles. The number of anilines is 1. The average Bonchev–Trinajstić information content (AvgIpc) is 3.31. The fraction of sp³-hybridized carbons (Fsp3) is 0.316. The zero-order chi connectivity index (χ0) is 17.9. The molecule has 3 aromatic rings. The quantitative estimate of drug-likeness (QED) is 0.480. The highest BCUT2D eigenvalue weighted by molar-refractivity contribution is 7.22. The standard InChI is InChI=1S/C19H18FN3O2S/c20-14-8-9-16-17(11-14)26-19(22-16)23(21-12-15-7-4-10-25-15)18(24)13-5-2-1-3-6-13/h4,7-13H,1-3,5-6H2/b21-12+. The maximum Gasteiger partial charge on any atom is 0.252 e. The van der Waals surface area contributed by atoms with Gasteiger partial charge in [-0.3, -0.25) is 4.79 Å². The van der Waals surface area contributed by atoms with Crippen molar-refractivity contribution in [1.29, 1.82) is 0 Å². The molecule has 0 atom stereocenters. The Kier molecular flexibility index (Phi) is 4.79. The van der Waals surface area contributed by atoms with E-state index in [1.807, 2.05) is 0 Å². The molecule has 0 spiro atoms. The fourth-order valence-corrected chi connectivity index (χ4v) is 4.13. The van der Waals surface area contributed by atoms with E-state index in [0.717, 1.165) is 25.7 Å². The Morgan fingerprint density at radius 1 is 1.31 bits per heavy atom. The van der Waals surface area contributed by atoms with E-state index in [2.05, 4.69) is 10.1 Å². The number of hydrogen-bond donors (Lipinski definition) is 0. The predicted octanol–water partition coefficient (Wildman–Crippen LogP) is 4.98. The Morgan fingerprint density at radius 2 is 2.15 bits per heavy atom. The number of hydrogen-bond acceptors (Lipinski definition) is 5. The van der Waals surface area contributed by atoms with Crippen LogP contribution in [0.4, 0.5) is 9.52 Å². The molecule has 26 heavy (non-hydrogen) atoms. The van der Waals surface area contributed by atoms with Gasteiger partial charge in [0.15, 0.2) is 0 Å². The number of hydrazone groups is 1. The molecule has 0 unspecified atom stereocenters. The van der Waals surface area contributed by atoms with Crippen LogP contribution in [0.1, 0.15) is 37.9 Å². The van der Waals surface area contributed by atoms with Crippen LogP contribution < -0.4 is 5.01 Å². The minimum absolute atomic E-state index is 0.0544. The van der Waals surface area contributed by atoms with Crippen molar-refractivity contribution < 1.29 is 13.6 Å². The number of amides is 1. The van der Waals surface area contributed by atoms with Gasteiger partial charge in [-0.05, 0) is 43.2 Å². The summed E-state index contributed by atoms with van der Waals surface area (Å²) in [4.78, 5) is 17.6. The molecule has 0 aliphatic heterocycles. The molecule has 0 saturated heterocycles. The molecular formula is C19H18FN3O2S. The molecule has 2 heterocycles. The van der Waals surface area contributed by atoms with Crippen molar-refractivity contribution in [1.82, 2.24) is 4.98 Å². The van der Waals surface area contributed by atoms with E-state index in [1.165, 1.54) is 41.1 Å². The van der Waals surface area contributed by atoms with Crippen molar-refractivity contribution in [2.24, 2.45) is 11.0 Å². The Balaban J connectivity index is 1.69. The van der Waals surface area contributed by atoms with E-state index >= 15 is 0 Å². The first kappa shape index (κ1) is 16.9. The van der Waals surface area contributed by atoms with Gasteiger partial charge in [0, 0.05) is 5.92 Å². The number of furan rings is 1. The minimum atomic E-state index is -0.322. The zero-order valence-corrected chi connectivity index (χ0v) is 14.9. The second-order valence-electron chi connectivity index (χ2n) is 6.35. The predicted molar refractivity (Wildman–Crippen MR) is 99.9 cm³/mol. The maximum absolute atomic E-state index is 13.5. The first-order valence-corrected chi connectivity index (χ1v) is 9.50. The van der Waals surface area contributed by atoms with Crippen molar-refractivity contribution in [2.75, 3.05) is 5.01 Å². The van der Waals surface area contributed by atoms with Crippen LogP contribution >= 0.6 is 11.3 Å². The smallest absolute Gasteiger partial charge is 0.252 e. The number of thiazole rings is 1. The molecule has 0 bridgehead atoms. The Hall–Kier alpha value is -2.54. The van der Waals surface area contributed by atoms with Gasteiger partial charge in [-0.25, -0.2) is 9.37 Å². The molecule has 0 radical (unpaired) electrons. The van der Waals surface area contributed by atoms with Gasteiger partial charge < -0.3 is 4.42 Å². The number of carbonyl (C=O) groups is 1. The number of benzene rings is 1. The molecule has 2 aromatic heterocycles. The van der Waals surface area contributed by atoms with Crippen LogP contribution in [0, 0.1) is 11.7 Å². The lowest BCUT2D eigenvalue weighted by Gasteiger charge is -2.24. The zero-order valence-electron chi connectivity index (χ0n) is 14.1. The van der Waals surface area contributed by atoms with Gasteiger partial charge in [0.1, 0.15) is 11.6 Å². The van der Waals surface area contributed by atoms with Crippen LogP contribution in [0.2, 0.25) is 0 Å². The SMILES string of the molecule is O=C(C1CCCCC1)N(/N=C/c1ccco1)c1nc2ccc(F)cc2s1. The van der Waals surface area contributed by atoms with E-state index in [-0.39, 0.29) is 17.6 Å². The van der Waals surface area contributed by atoms with E-state index in [0.29, 0.717) is 21.1 Å². The third-order valence-electron chi connectivity index (χ3n) is 4.53. The number of aromatic nitrogens is 1. The highest BCUT2D eigenvalue weighted by atomic mass is 32.1. The second kappa shape index (κ2) is 7.37. The lowest BCUT2D eigenvalue weighted by atomic mass is 9.88. The Labute approximate surface area is 154 Å². The maximum atomic E-state index is 13.5. The second-order valence-corrected chi connectivity index (χ2v) is 7.36. The van der Waals surface area contributed by atoms with Crippen molar-refractivity contribution in [3.63, 3.8) is 0 Å². The lowest BCUT2D eigenvalue weighted by Crippen LogP contribution is -2.33. The molecule has 0 N–H and O–H groups in total. The van der Waals surface area contributed by atoms with Gasteiger partial charge in [0.2, 0.25) is 5.13 Å². The van der Waals surface area contributed by atoms with Crippen LogP contribution in [0.3, 0.4) is 0 Å². The number of nitrogens with zero attached hydrogens (tertiary/aromatic N) is 3. The van der Waals surface area contributed by atoms with Crippen LogP contribution in [0.5, 0.6) is 0 Å². The summed E-state index contributed by atoms with van der Waals surface area (Å²) in [5.74, 6) is 0.115. The van der Waals surface area contributed by atoms with E-state index in [4.69, 9.17) is 4.42 Å². The molecule has 5 nitrogen and oxygen atoms in total. The molecule has 1 aliphatic carbocycles. The van der Waals surface area contributed by atoms with Gasteiger partial charge in [-0.2, -0.15) is 10.1 Å². The van der Waals surface area contributed by atoms with Crippen molar-refractivity contribution in [2.45, 2.75) is 32.1 Å². The van der Waals surface area contributed by atoms with E-state index < -0.39 is 0 Å². The van der Waals surface area contributed by atoms with Crippen molar-refractivity contribution in [3.05, 3.63) is 48.2 Å². The summed E-state index contributed by atoms with van der Waals surface area (Å²) in [6.45, 7) is 0. The van der Waals surface area contributed by atoms with E-state index in [9.17, 15) is 9.18 Å². The van der Waals surface area contributed by atoms with Crippen LogP contribution in [-0.4, -0.2) is 17.1 Å². The summed E-state index contributed by atoms with van der Waals surface area (Å²) in [5, 5.41) is 6.14. The van der Waals surface area contributed by atoms with Crippen molar-refractivity contribution in [3.8, 4) is 0 Å². The van der Waals surface area contributed by atoms with Crippen molar-refractivity contribution >= 4 is 38.8 Å². The molecule has 134 valence electrons. The molecule has 7 heteroatoms. The monoisotopic (exact) mass is 371 g/mol. The number of rotatable bonds is 4. The first-order chi connectivity index (χ1) is 12.7. The normalized spacial score (nSPS) is 15.7. The number of fused-ring (bicyclic) bond motifs is 1. The summed E-state index contributed by atoms with van der Waals surface area (Å²) in [7, 11) is 0. The van der Waals surface area contributed by atoms with Gasteiger partial charge in [0.25, 0.3) is 5.91 Å². The largest absolute Gasteiger partial charge is 0.463 e. The van der Waals surface area contributed by atoms with Gasteiger partial charge >= 0.3 is 0 Å². The van der Waals surface area contributed by atoms with Crippen LogP contribution in [0.25, 0.3) is 10.2 Å². The third kappa shape index (κ3) is 3.53. The van der Waals surface area contributed by atoms with E-state index in [1.54, 1.807) is 24.5 Å². The Bertz CT molecular complexity index is 930. The summed E-state index contributed by atoms with van der Waals surface area (Å²) in [6.07, 6.45) is 8.06. The molecule has 4 rings (SSSR count). The summed E-state index contributed by atoms with van der Waals surface area (Å²) in [6, 6.07) is 7.93. The van der Waals surface area contributed by atoms with Gasteiger partial charge in [0.05, 0.1) is 22.7 Å². The first-order valence-electron chi connectivity index (χ1n) is 8.68. The third-order valence-corrected chi connectivity index (χ3v) is 5.52. The molecular weight excluding hydrogens is 353 g/mol. The van der Waals surface area contributed by atoms with Crippen LogP contribution in [0.15, 0.2) is 46.1 Å². The number of halogens is 1. The Morgan fingerprint density at radius 3 is 2.92 bits per heavy atom. The molecule has 1 fully saturated rings. The highest BCUT2D eigenvalue weighted by Crippen LogP contribution is 2.33. The van der Waals surface area contributed by atoms with Gasteiger partial charge in [-0.1, -0.05) is 30.6 Å².